The van der Waals surface area contributed by atoms with Gasteiger partial charge in [-0.1, -0.05) is 11.6 Å². The van der Waals surface area contributed by atoms with Gasteiger partial charge < -0.3 is 4.74 Å². The lowest BCUT2D eigenvalue weighted by Gasteiger charge is -2.09. The number of benzene rings is 2. The van der Waals surface area contributed by atoms with E-state index in [9.17, 15) is 13.2 Å². The summed E-state index contributed by atoms with van der Waals surface area (Å²) in [6.07, 6.45) is 0. The molecule has 22 heavy (non-hydrogen) atoms. The minimum Gasteiger partial charge on any atom is -0.497 e. The van der Waals surface area contributed by atoms with Crippen LogP contribution in [0.5, 0.6) is 5.75 Å². The normalized spacial score (nSPS) is 11.0. The fourth-order valence-corrected chi connectivity index (χ4v) is 2.57. The van der Waals surface area contributed by atoms with Crippen LogP contribution in [0.2, 0.25) is 5.02 Å². The highest BCUT2D eigenvalue weighted by molar-refractivity contribution is 7.89. The monoisotopic (exact) mass is 340 g/mol. The van der Waals surface area contributed by atoms with E-state index >= 15 is 0 Å². The first-order chi connectivity index (χ1) is 10.4. The van der Waals surface area contributed by atoms with Gasteiger partial charge in [0.05, 0.1) is 12.0 Å². The largest absolute Gasteiger partial charge is 0.497 e. The van der Waals surface area contributed by atoms with Crippen molar-refractivity contribution in [2.75, 3.05) is 7.11 Å². The molecule has 0 heterocycles. The number of hydrogen-bond donors (Lipinski definition) is 2. The van der Waals surface area contributed by atoms with E-state index in [0.29, 0.717) is 16.3 Å². The third-order valence-electron chi connectivity index (χ3n) is 2.78. The Balaban J connectivity index is 2.04. The molecule has 0 unspecified atom stereocenters. The first-order valence-corrected chi connectivity index (χ1v) is 8.00. The van der Waals surface area contributed by atoms with Crippen molar-refractivity contribution in [2.24, 2.45) is 0 Å². The van der Waals surface area contributed by atoms with Crippen LogP contribution >= 0.6 is 11.6 Å². The second kappa shape index (κ2) is 6.78. The lowest BCUT2D eigenvalue weighted by Crippen LogP contribution is -2.41. The SMILES string of the molecule is COc1ccc(C(=O)NNS(=O)(=O)c2ccc(Cl)cc2)cc1. The number of ether oxygens (including phenoxy) is 1. The zero-order valence-electron chi connectivity index (χ0n) is 11.5. The summed E-state index contributed by atoms with van der Waals surface area (Å²) in [5.74, 6) is 0.0125. The molecule has 2 rings (SSSR count). The quantitative estimate of drug-likeness (QED) is 0.815. The average Bonchev–Trinajstić information content (AvgIpc) is 2.53. The molecule has 0 saturated carbocycles. The van der Waals surface area contributed by atoms with Gasteiger partial charge in [-0.2, -0.15) is 0 Å². The Morgan fingerprint density at radius 3 is 2.18 bits per heavy atom. The minimum absolute atomic E-state index is 0.00747. The summed E-state index contributed by atoms with van der Waals surface area (Å²) in [4.78, 5) is 13.9. The van der Waals surface area contributed by atoms with Crippen molar-refractivity contribution in [2.45, 2.75) is 4.90 Å². The maximum absolute atomic E-state index is 12.0. The van der Waals surface area contributed by atoms with E-state index in [1.54, 1.807) is 12.1 Å². The van der Waals surface area contributed by atoms with Crippen molar-refractivity contribution in [1.82, 2.24) is 10.3 Å². The minimum atomic E-state index is -3.86. The van der Waals surface area contributed by atoms with Gasteiger partial charge in [-0.25, -0.2) is 8.42 Å². The first kappa shape index (κ1) is 16.3. The molecule has 1 amide bonds. The maximum Gasteiger partial charge on any atom is 0.266 e. The number of halogens is 1. The predicted octanol–water partition coefficient (Wildman–Crippen LogP) is 1.97. The standard InChI is InChI=1S/C14H13ClN2O4S/c1-21-12-6-2-10(3-7-12)14(18)16-17-22(19,20)13-8-4-11(15)5-9-13/h2-9,17H,1H3,(H,16,18). The number of hydrogen-bond acceptors (Lipinski definition) is 4. The number of hydrazine groups is 1. The van der Waals surface area contributed by atoms with Gasteiger partial charge in [0.1, 0.15) is 5.75 Å². The molecule has 2 N–H and O–H groups in total. The van der Waals surface area contributed by atoms with Crippen molar-refractivity contribution in [3.05, 3.63) is 59.1 Å². The van der Waals surface area contributed by atoms with Crippen molar-refractivity contribution in [1.29, 1.82) is 0 Å². The molecule has 2 aromatic carbocycles. The van der Waals surface area contributed by atoms with Crippen LogP contribution in [0.1, 0.15) is 10.4 Å². The summed E-state index contributed by atoms with van der Waals surface area (Å²) >= 11 is 5.70. The molecule has 116 valence electrons. The first-order valence-electron chi connectivity index (χ1n) is 6.14. The molecule has 0 aromatic heterocycles. The summed E-state index contributed by atoms with van der Waals surface area (Å²) in [5.41, 5.74) is 2.43. The number of carbonyl (C=O) groups is 1. The number of nitrogens with one attached hydrogen (secondary N) is 2. The zero-order valence-corrected chi connectivity index (χ0v) is 13.1. The third-order valence-corrected chi connectivity index (χ3v) is 4.29. The lowest BCUT2D eigenvalue weighted by atomic mass is 10.2. The van der Waals surface area contributed by atoms with E-state index in [2.05, 4.69) is 5.43 Å². The summed E-state index contributed by atoms with van der Waals surface area (Å²) in [5, 5.41) is 0.418. The molecule has 0 fully saturated rings. The van der Waals surface area contributed by atoms with Gasteiger partial charge in [0.2, 0.25) is 0 Å². The second-order valence-corrected chi connectivity index (χ2v) is 6.36. The van der Waals surface area contributed by atoms with Crippen LogP contribution in [0, 0.1) is 0 Å². The fraction of sp³-hybridized carbons (Fsp3) is 0.0714. The van der Waals surface area contributed by atoms with Gasteiger partial charge in [-0.15, -0.1) is 4.83 Å². The summed E-state index contributed by atoms with van der Waals surface area (Å²) < 4.78 is 29.0. The van der Waals surface area contributed by atoms with Gasteiger partial charge in [0.15, 0.2) is 0 Å². The molecule has 0 aliphatic rings. The Morgan fingerprint density at radius 2 is 1.64 bits per heavy atom. The maximum atomic E-state index is 12.0. The Kier molecular flexibility index (Phi) is 5.02. The average molecular weight is 341 g/mol. The van der Waals surface area contributed by atoms with Crippen molar-refractivity contribution < 1.29 is 17.9 Å². The molecule has 0 atom stereocenters. The van der Waals surface area contributed by atoms with E-state index in [4.69, 9.17) is 16.3 Å². The van der Waals surface area contributed by atoms with Gasteiger partial charge in [-0.05, 0) is 48.5 Å². The van der Waals surface area contributed by atoms with Crippen LogP contribution in [-0.2, 0) is 10.0 Å². The molecule has 0 bridgehead atoms. The highest BCUT2D eigenvalue weighted by atomic mass is 35.5. The molecular formula is C14H13ClN2O4S. The van der Waals surface area contributed by atoms with Gasteiger partial charge in [0, 0.05) is 10.6 Å². The number of rotatable bonds is 5. The molecule has 0 spiro atoms. The molecule has 8 heteroatoms. The van der Waals surface area contributed by atoms with Crippen LogP contribution in [0.4, 0.5) is 0 Å². The van der Waals surface area contributed by atoms with E-state index in [1.807, 2.05) is 4.83 Å². The molecule has 6 nitrogen and oxygen atoms in total. The highest BCUT2D eigenvalue weighted by Gasteiger charge is 2.15. The topological polar surface area (TPSA) is 84.5 Å². The van der Waals surface area contributed by atoms with Crippen LogP contribution in [0.25, 0.3) is 0 Å². The molecule has 0 aliphatic heterocycles. The van der Waals surface area contributed by atoms with Crippen LogP contribution in [-0.4, -0.2) is 21.4 Å². The number of methoxy groups -OCH3 is 1. The van der Waals surface area contributed by atoms with E-state index in [-0.39, 0.29) is 4.90 Å². The van der Waals surface area contributed by atoms with Crippen molar-refractivity contribution >= 4 is 27.5 Å². The number of sulfonamides is 1. The van der Waals surface area contributed by atoms with Gasteiger partial charge >= 0.3 is 0 Å². The molecular weight excluding hydrogens is 328 g/mol. The molecule has 0 saturated heterocycles. The molecule has 2 aromatic rings. The Morgan fingerprint density at radius 1 is 1.05 bits per heavy atom. The van der Waals surface area contributed by atoms with Crippen LogP contribution < -0.4 is 15.0 Å². The highest BCUT2D eigenvalue weighted by Crippen LogP contribution is 2.14. The molecule has 0 radical (unpaired) electrons. The van der Waals surface area contributed by atoms with Crippen LogP contribution in [0.15, 0.2) is 53.4 Å². The summed E-state index contributed by atoms with van der Waals surface area (Å²) in [6.45, 7) is 0. The third kappa shape index (κ3) is 3.97. The smallest absolute Gasteiger partial charge is 0.266 e. The van der Waals surface area contributed by atoms with Crippen molar-refractivity contribution in [3.63, 3.8) is 0 Å². The Hall–Kier alpha value is -2.09. The molecule has 0 aliphatic carbocycles. The van der Waals surface area contributed by atoms with E-state index in [0.717, 1.165) is 0 Å². The predicted molar refractivity (Wildman–Crippen MR) is 82.2 cm³/mol. The van der Waals surface area contributed by atoms with E-state index < -0.39 is 15.9 Å². The van der Waals surface area contributed by atoms with Gasteiger partial charge in [0.25, 0.3) is 15.9 Å². The summed E-state index contributed by atoms with van der Waals surface area (Å²) in [6, 6.07) is 11.8. The Bertz CT molecular complexity index is 758. The number of amides is 1. The zero-order chi connectivity index (χ0) is 16.2. The lowest BCUT2D eigenvalue weighted by molar-refractivity contribution is 0.0945. The van der Waals surface area contributed by atoms with Crippen molar-refractivity contribution in [3.8, 4) is 5.75 Å². The Labute approximate surface area is 133 Å². The summed E-state index contributed by atoms with van der Waals surface area (Å²) in [7, 11) is -2.35. The fourth-order valence-electron chi connectivity index (χ4n) is 1.60. The van der Waals surface area contributed by atoms with E-state index in [1.165, 1.54) is 43.5 Å². The number of carbonyl (C=O) groups excluding carboxylic acids is 1. The van der Waals surface area contributed by atoms with Crippen LogP contribution in [0.3, 0.4) is 0 Å². The second-order valence-electron chi connectivity index (χ2n) is 4.24. The van der Waals surface area contributed by atoms with Gasteiger partial charge in [-0.3, -0.25) is 10.2 Å².